The number of carbonyl (C=O) groups excluding carboxylic acids is 2. The van der Waals surface area contributed by atoms with Crippen LogP contribution in [0.15, 0.2) is 121 Å². The lowest BCUT2D eigenvalue weighted by molar-refractivity contribution is 0.0716. The van der Waals surface area contributed by atoms with Gasteiger partial charge in [-0.3, -0.25) is 0 Å². The van der Waals surface area contributed by atoms with Crippen molar-refractivity contribution in [2.75, 3.05) is 20.3 Å². The van der Waals surface area contributed by atoms with Crippen LogP contribution in [-0.4, -0.2) is 37.4 Å². The third kappa shape index (κ3) is 4.98. The Balaban J connectivity index is 1.11. The van der Waals surface area contributed by atoms with Crippen LogP contribution in [0.1, 0.15) is 39.7 Å². The molecular formula is C38H31NO5. The Kier molecular flexibility index (Phi) is 7.32. The van der Waals surface area contributed by atoms with E-state index in [0.29, 0.717) is 5.75 Å². The van der Waals surface area contributed by atoms with Crippen molar-refractivity contribution in [3.05, 3.63) is 149 Å². The Labute approximate surface area is 256 Å². The lowest BCUT2D eigenvalue weighted by atomic mass is 9.98. The molecule has 0 heterocycles. The minimum Gasteiger partial charge on any atom is -0.497 e. The molecule has 0 radical (unpaired) electrons. The second-order valence-corrected chi connectivity index (χ2v) is 11.0. The maximum atomic E-state index is 13.7. The quantitative estimate of drug-likeness (QED) is 0.193. The van der Waals surface area contributed by atoms with Gasteiger partial charge in [0.2, 0.25) is 0 Å². The summed E-state index contributed by atoms with van der Waals surface area (Å²) < 4.78 is 17.0. The van der Waals surface area contributed by atoms with Crippen molar-refractivity contribution in [3.8, 4) is 28.0 Å². The number of hydrogen-bond donors (Lipinski definition) is 0. The highest BCUT2D eigenvalue weighted by atomic mass is 16.6. The summed E-state index contributed by atoms with van der Waals surface area (Å²) in [5.41, 5.74) is 9.69. The molecule has 0 unspecified atom stereocenters. The summed E-state index contributed by atoms with van der Waals surface area (Å²) in [7, 11) is 1.59. The van der Waals surface area contributed by atoms with Gasteiger partial charge < -0.3 is 14.2 Å². The zero-order valence-corrected chi connectivity index (χ0v) is 24.3. The van der Waals surface area contributed by atoms with Crippen LogP contribution in [-0.2, 0) is 16.0 Å². The number of benzene rings is 5. The summed E-state index contributed by atoms with van der Waals surface area (Å²) >= 11 is 0. The average Bonchev–Trinajstić information content (AvgIpc) is 3.57. The van der Waals surface area contributed by atoms with Crippen LogP contribution in [0.25, 0.3) is 22.3 Å². The highest BCUT2D eigenvalue weighted by molar-refractivity contribution is 5.88. The van der Waals surface area contributed by atoms with Crippen molar-refractivity contribution in [1.82, 2.24) is 4.90 Å². The first-order chi connectivity index (χ1) is 21.6. The van der Waals surface area contributed by atoms with E-state index < -0.39 is 12.2 Å². The summed E-state index contributed by atoms with van der Waals surface area (Å²) in [6, 6.07) is 39.8. The molecule has 7 rings (SSSR count). The molecule has 6 heteroatoms. The first-order valence-electron chi connectivity index (χ1n) is 14.7. The van der Waals surface area contributed by atoms with Crippen LogP contribution < -0.4 is 4.74 Å². The minimum absolute atomic E-state index is 0.00264. The van der Waals surface area contributed by atoms with Gasteiger partial charge in [0.05, 0.1) is 13.7 Å². The standard InChI is InChI=1S/C38H31NO5/c1-42-26-20-18-25(19-21-26)22-39(37(40)43-23-35-31-14-6-2-10-27(31)28-11-3-7-15-32(28)35)38(41)44-24-36-33-16-8-4-12-29(33)30-13-5-9-17-34(30)36/h2-21,35-36H,22-24H2,1H3. The van der Waals surface area contributed by atoms with Gasteiger partial charge in [0.25, 0.3) is 0 Å². The van der Waals surface area contributed by atoms with Gasteiger partial charge in [0.15, 0.2) is 0 Å². The third-order valence-electron chi connectivity index (χ3n) is 8.61. The van der Waals surface area contributed by atoms with Gasteiger partial charge in [-0.05, 0) is 62.2 Å². The molecule has 218 valence electrons. The summed E-state index contributed by atoms with van der Waals surface area (Å²) in [6.07, 6.45) is -1.50. The van der Waals surface area contributed by atoms with E-state index in [9.17, 15) is 9.59 Å². The zero-order chi connectivity index (χ0) is 30.0. The molecule has 0 bridgehead atoms. The van der Waals surface area contributed by atoms with Gasteiger partial charge in [-0.25, -0.2) is 14.5 Å². The van der Waals surface area contributed by atoms with E-state index in [1.807, 2.05) is 60.7 Å². The number of hydrogen-bond acceptors (Lipinski definition) is 5. The van der Waals surface area contributed by atoms with Crippen LogP contribution in [0.4, 0.5) is 9.59 Å². The van der Waals surface area contributed by atoms with Crippen LogP contribution in [0, 0.1) is 0 Å². The Bertz CT molecular complexity index is 1640. The minimum atomic E-state index is -0.750. The SMILES string of the molecule is COc1ccc(CN(C(=O)OCC2c3ccccc3-c3ccccc32)C(=O)OCC2c3ccccc3-c3ccccc32)cc1. The molecule has 0 atom stereocenters. The molecular weight excluding hydrogens is 550 g/mol. The fourth-order valence-corrected chi connectivity index (χ4v) is 6.46. The molecule has 44 heavy (non-hydrogen) atoms. The van der Waals surface area contributed by atoms with E-state index in [1.165, 1.54) is 0 Å². The normalized spacial score (nSPS) is 12.9. The lowest BCUT2D eigenvalue weighted by Gasteiger charge is -2.23. The molecule has 6 nitrogen and oxygen atoms in total. The first kappa shape index (κ1) is 27.5. The molecule has 0 spiro atoms. The molecule has 0 saturated heterocycles. The van der Waals surface area contributed by atoms with Gasteiger partial charge >= 0.3 is 12.2 Å². The highest BCUT2D eigenvalue weighted by Gasteiger charge is 2.33. The number of carbonyl (C=O) groups is 2. The maximum Gasteiger partial charge on any atom is 0.419 e. The summed E-state index contributed by atoms with van der Waals surface area (Å²) in [5.74, 6) is 0.427. The predicted molar refractivity (Wildman–Crippen MR) is 169 cm³/mol. The molecule has 2 aliphatic carbocycles. The Morgan fingerprint density at radius 2 is 0.909 bits per heavy atom. The van der Waals surface area contributed by atoms with Gasteiger partial charge in [0.1, 0.15) is 19.0 Å². The van der Waals surface area contributed by atoms with Crippen molar-refractivity contribution in [2.24, 2.45) is 0 Å². The fraction of sp³-hybridized carbons (Fsp3) is 0.158. The van der Waals surface area contributed by atoms with Gasteiger partial charge in [-0.2, -0.15) is 0 Å². The van der Waals surface area contributed by atoms with Crippen LogP contribution in [0.2, 0.25) is 0 Å². The molecule has 2 amide bonds. The monoisotopic (exact) mass is 581 g/mol. The average molecular weight is 582 g/mol. The molecule has 0 aromatic heterocycles. The van der Waals surface area contributed by atoms with E-state index in [0.717, 1.165) is 55.0 Å². The molecule has 0 saturated carbocycles. The predicted octanol–water partition coefficient (Wildman–Crippen LogP) is 8.40. The van der Waals surface area contributed by atoms with Gasteiger partial charge in [0, 0.05) is 11.8 Å². The molecule has 5 aromatic rings. The zero-order valence-electron chi connectivity index (χ0n) is 24.3. The van der Waals surface area contributed by atoms with E-state index in [1.54, 1.807) is 19.2 Å². The van der Waals surface area contributed by atoms with E-state index in [2.05, 4.69) is 48.5 Å². The molecule has 5 aromatic carbocycles. The summed E-state index contributed by atoms with van der Waals surface area (Å²) in [6.45, 7) is 0.197. The second-order valence-electron chi connectivity index (χ2n) is 11.0. The van der Waals surface area contributed by atoms with E-state index >= 15 is 0 Å². The molecule has 0 N–H and O–H groups in total. The first-order valence-corrected chi connectivity index (χ1v) is 14.7. The number of ether oxygens (including phenoxy) is 3. The Morgan fingerprint density at radius 1 is 0.545 bits per heavy atom. The smallest absolute Gasteiger partial charge is 0.419 e. The molecule has 0 fully saturated rings. The number of methoxy groups -OCH3 is 1. The molecule has 0 aliphatic heterocycles. The van der Waals surface area contributed by atoms with Crippen molar-refractivity contribution in [3.63, 3.8) is 0 Å². The number of imide groups is 1. The Hall–Kier alpha value is -5.36. The number of amides is 2. The number of fused-ring (bicyclic) bond motifs is 6. The van der Waals surface area contributed by atoms with Crippen LogP contribution in [0.3, 0.4) is 0 Å². The van der Waals surface area contributed by atoms with Crippen molar-refractivity contribution in [1.29, 1.82) is 0 Å². The second kappa shape index (κ2) is 11.7. The van der Waals surface area contributed by atoms with Crippen molar-refractivity contribution in [2.45, 2.75) is 18.4 Å². The van der Waals surface area contributed by atoms with E-state index in [-0.39, 0.29) is 31.6 Å². The van der Waals surface area contributed by atoms with Gasteiger partial charge in [-0.15, -0.1) is 0 Å². The van der Waals surface area contributed by atoms with E-state index in [4.69, 9.17) is 14.2 Å². The fourth-order valence-electron chi connectivity index (χ4n) is 6.46. The van der Waals surface area contributed by atoms with Crippen molar-refractivity contribution >= 4 is 12.2 Å². The van der Waals surface area contributed by atoms with Gasteiger partial charge in [-0.1, -0.05) is 109 Å². The topological polar surface area (TPSA) is 65.1 Å². The number of rotatable bonds is 7. The van der Waals surface area contributed by atoms with Crippen LogP contribution in [0.5, 0.6) is 5.75 Å². The Morgan fingerprint density at radius 3 is 1.27 bits per heavy atom. The highest BCUT2D eigenvalue weighted by Crippen LogP contribution is 2.45. The summed E-state index contributed by atoms with van der Waals surface area (Å²) in [4.78, 5) is 28.4. The van der Waals surface area contributed by atoms with Crippen molar-refractivity contribution < 1.29 is 23.8 Å². The third-order valence-corrected chi connectivity index (χ3v) is 8.61. The number of nitrogens with zero attached hydrogens (tertiary/aromatic N) is 1. The lowest BCUT2D eigenvalue weighted by Crippen LogP contribution is -2.38. The molecule has 2 aliphatic rings. The van der Waals surface area contributed by atoms with Crippen LogP contribution >= 0.6 is 0 Å². The summed E-state index contributed by atoms with van der Waals surface area (Å²) in [5, 5.41) is 0. The largest absolute Gasteiger partial charge is 0.497 e. The maximum absolute atomic E-state index is 13.7.